The predicted octanol–water partition coefficient (Wildman–Crippen LogP) is 5.13. The zero-order valence-corrected chi connectivity index (χ0v) is 18.6. The first-order valence-electron chi connectivity index (χ1n) is 9.65. The van der Waals surface area contributed by atoms with Gasteiger partial charge in [-0.25, -0.2) is 4.98 Å². The van der Waals surface area contributed by atoms with Crippen LogP contribution in [0, 0.1) is 0 Å². The van der Waals surface area contributed by atoms with Gasteiger partial charge in [0, 0.05) is 35.6 Å². The lowest BCUT2D eigenvalue weighted by atomic mass is 10.1. The van der Waals surface area contributed by atoms with Crippen molar-refractivity contribution in [3.8, 4) is 10.6 Å². The van der Waals surface area contributed by atoms with E-state index in [1.807, 2.05) is 5.38 Å². The first kappa shape index (κ1) is 21.3. The molecule has 1 fully saturated rings. The summed E-state index contributed by atoms with van der Waals surface area (Å²) in [7, 11) is 0. The molecule has 0 unspecified atom stereocenters. The lowest BCUT2D eigenvalue weighted by Gasteiger charge is -2.26. The lowest BCUT2D eigenvalue weighted by Crippen LogP contribution is -2.35. The summed E-state index contributed by atoms with van der Waals surface area (Å²) in [5, 5.41) is 6.59. The fourth-order valence-corrected chi connectivity index (χ4v) is 4.45. The van der Waals surface area contributed by atoms with Crippen molar-refractivity contribution in [2.24, 2.45) is 0 Å². The number of nitrogens with zero attached hydrogens (tertiary/aromatic N) is 2. The molecule has 1 saturated heterocycles. The van der Waals surface area contributed by atoms with Gasteiger partial charge in [0.05, 0.1) is 36.0 Å². The van der Waals surface area contributed by atoms with Gasteiger partial charge in [0.2, 0.25) is 5.91 Å². The molecule has 2 aromatic carbocycles. The standard InChI is InChI=1S/C22H21Cl2N3O2S/c23-17-4-5-19(24)20(11-17)26-21(28)12-18-14-30-22(25-18)16-3-1-2-15(10-16)13-27-6-8-29-9-7-27/h1-5,10-11,14H,6-9,12-13H2,(H,26,28). The Morgan fingerprint density at radius 1 is 1.17 bits per heavy atom. The number of aromatic nitrogens is 1. The van der Waals surface area contributed by atoms with Gasteiger partial charge in [0.1, 0.15) is 5.01 Å². The Hall–Kier alpha value is -1.96. The number of morpholine rings is 1. The molecule has 1 N–H and O–H groups in total. The van der Waals surface area contributed by atoms with E-state index in [0.717, 1.165) is 49.1 Å². The lowest BCUT2D eigenvalue weighted by molar-refractivity contribution is -0.115. The van der Waals surface area contributed by atoms with Gasteiger partial charge >= 0.3 is 0 Å². The van der Waals surface area contributed by atoms with Gasteiger partial charge in [-0.15, -0.1) is 11.3 Å². The molecular formula is C22H21Cl2N3O2S. The van der Waals surface area contributed by atoms with Gasteiger partial charge in [-0.3, -0.25) is 9.69 Å². The van der Waals surface area contributed by atoms with E-state index in [0.29, 0.717) is 15.7 Å². The summed E-state index contributed by atoms with van der Waals surface area (Å²) in [4.78, 5) is 19.4. The zero-order valence-electron chi connectivity index (χ0n) is 16.2. The van der Waals surface area contributed by atoms with Crippen LogP contribution in [-0.2, 0) is 22.5 Å². The van der Waals surface area contributed by atoms with Crippen molar-refractivity contribution in [1.29, 1.82) is 0 Å². The fraction of sp³-hybridized carbons (Fsp3) is 0.273. The molecule has 0 bridgehead atoms. The van der Waals surface area contributed by atoms with Crippen LogP contribution < -0.4 is 5.32 Å². The Morgan fingerprint density at radius 3 is 2.83 bits per heavy atom. The molecule has 0 atom stereocenters. The third kappa shape index (κ3) is 5.59. The van der Waals surface area contributed by atoms with Gasteiger partial charge in [0.25, 0.3) is 0 Å². The second kappa shape index (κ2) is 9.90. The molecule has 5 nitrogen and oxygen atoms in total. The van der Waals surface area contributed by atoms with Crippen LogP contribution in [0.4, 0.5) is 5.69 Å². The average molecular weight is 462 g/mol. The van der Waals surface area contributed by atoms with Gasteiger partial charge in [-0.2, -0.15) is 0 Å². The number of halogens is 2. The number of hydrogen-bond donors (Lipinski definition) is 1. The summed E-state index contributed by atoms with van der Waals surface area (Å²) in [6, 6.07) is 13.4. The maximum atomic E-state index is 12.4. The number of thiazole rings is 1. The number of carbonyl (C=O) groups is 1. The molecule has 2 heterocycles. The Labute approximate surface area is 189 Å². The highest BCUT2D eigenvalue weighted by atomic mass is 35.5. The maximum absolute atomic E-state index is 12.4. The minimum Gasteiger partial charge on any atom is -0.379 e. The molecule has 3 aromatic rings. The molecule has 0 saturated carbocycles. The Morgan fingerprint density at radius 2 is 2.00 bits per heavy atom. The van der Waals surface area contributed by atoms with E-state index < -0.39 is 0 Å². The topological polar surface area (TPSA) is 54.5 Å². The van der Waals surface area contributed by atoms with Crippen LogP contribution in [-0.4, -0.2) is 42.1 Å². The third-order valence-corrected chi connectivity index (χ3v) is 6.28. The van der Waals surface area contributed by atoms with E-state index in [1.54, 1.807) is 18.2 Å². The van der Waals surface area contributed by atoms with E-state index in [1.165, 1.54) is 16.9 Å². The number of ether oxygens (including phenoxy) is 1. The van der Waals surface area contributed by atoms with Crippen molar-refractivity contribution in [1.82, 2.24) is 9.88 Å². The van der Waals surface area contributed by atoms with Crippen molar-refractivity contribution in [2.75, 3.05) is 31.6 Å². The highest BCUT2D eigenvalue weighted by Gasteiger charge is 2.13. The van der Waals surface area contributed by atoms with Crippen molar-refractivity contribution < 1.29 is 9.53 Å². The number of amides is 1. The molecule has 30 heavy (non-hydrogen) atoms. The highest BCUT2D eigenvalue weighted by Crippen LogP contribution is 2.27. The van der Waals surface area contributed by atoms with Crippen molar-refractivity contribution in [3.63, 3.8) is 0 Å². The zero-order chi connectivity index (χ0) is 20.9. The summed E-state index contributed by atoms with van der Waals surface area (Å²) < 4.78 is 5.42. The molecule has 8 heteroatoms. The van der Waals surface area contributed by atoms with Crippen LogP contribution >= 0.6 is 34.5 Å². The van der Waals surface area contributed by atoms with Crippen molar-refractivity contribution in [3.05, 3.63) is 69.1 Å². The molecule has 0 aliphatic carbocycles. The number of hydrogen-bond acceptors (Lipinski definition) is 5. The summed E-state index contributed by atoms with van der Waals surface area (Å²) in [5.41, 5.74) is 3.54. The largest absolute Gasteiger partial charge is 0.379 e. The monoisotopic (exact) mass is 461 g/mol. The number of carbonyl (C=O) groups excluding carboxylic acids is 1. The number of rotatable bonds is 6. The second-order valence-electron chi connectivity index (χ2n) is 7.08. The second-order valence-corrected chi connectivity index (χ2v) is 8.78. The van der Waals surface area contributed by atoms with E-state index in [9.17, 15) is 4.79 Å². The minimum atomic E-state index is -0.183. The van der Waals surface area contributed by atoms with Crippen LogP contribution in [0.25, 0.3) is 10.6 Å². The van der Waals surface area contributed by atoms with Crippen LogP contribution in [0.5, 0.6) is 0 Å². The van der Waals surface area contributed by atoms with Crippen LogP contribution in [0.3, 0.4) is 0 Å². The van der Waals surface area contributed by atoms with Crippen LogP contribution in [0.2, 0.25) is 10.0 Å². The number of benzene rings is 2. The van der Waals surface area contributed by atoms with E-state index in [4.69, 9.17) is 27.9 Å². The fourth-order valence-electron chi connectivity index (χ4n) is 3.29. The first-order chi connectivity index (χ1) is 14.6. The minimum absolute atomic E-state index is 0.173. The molecule has 1 aromatic heterocycles. The molecule has 4 rings (SSSR count). The molecular weight excluding hydrogens is 441 g/mol. The Kier molecular flexibility index (Phi) is 7.02. The summed E-state index contributed by atoms with van der Waals surface area (Å²) >= 11 is 13.6. The van der Waals surface area contributed by atoms with Gasteiger partial charge in [-0.05, 0) is 29.8 Å². The highest BCUT2D eigenvalue weighted by molar-refractivity contribution is 7.13. The average Bonchev–Trinajstić information content (AvgIpc) is 3.20. The van der Waals surface area contributed by atoms with Crippen molar-refractivity contribution in [2.45, 2.75) is 13.0 Å². The molecule has 1 aliphatic heterocycles. The first-order valence-corrected chi connectivity index (χ1v) is 11.3. The van der Waals surface area contributed by atoms with E-state index in [2.05, 4.69) is 39.5 Å². The number of anilines is 1. The summed E-state index contributed by atoms with van der Waals surface area (Å²) in [5.74, 6) is -0.183. The SMILES string of the molecule is O=C(Cc1csc(-c2cccc(CN3CCOCC3)c2)n1)Nc1cc(Cl)ccc1Cl. The normalized spacial score (nSPS) is 14.6. The smallest absolute Gasteiger partial charge is 0.230 e. The maximum Gasteiger partial charge on any atom is 0.230 e. The number of nitrogens with one attached hydrogen (secondary N) is 1. The Bertz CT molecular complexity index is 1030. The molecule has 156 valence electrons. The molecule has 1 amide bonds. The third-order valence-electron chi connectivity index (χ3n) is 4.78. The summed E-state index contributed by atoms with van der Waals surface area (Å²) in [6.07, 6.45) is 0.173. The van der Waals surface area contributed by atoms with Gasteiger partial charge < -0.3 is 10.1 Å². The van der Waals surface area contributed by atoms with E-state index in [-0.39, 0.29) is 12.3 Å². The molecule has 1 aliphatic rings. The van der Waals surface area contributed by atoms with E-state index >= 15 is 0 Å². The van der Waals surface area contributed by atoms with Gasteiger partial charge in [0.15, 0.2) is 0 Å². The quantitative estimate of drug-likeness (QED) is 0.552. The summed E-state index contributed by atoms with van der Waals surface area (Å²) in [6.45, 7) is 4.39. The Balaban J connectivity index is 1.40. The van der Waals surface area contributed by atoms with Crippen molar-refractivity contribution >= 4 is 46.1 Å². The predicted molar refractivity (Wildman–Crippen MR) is 122 cm³/mol. The van der Waals surface area contributed by atoms with Crippen LogP contribution in [0.1, 0.15) is 11.3 Å². The van der Waals surface area contributed by atoms with Crippen LogP contribution in [0.15, 0.2) is 47.8 Å². The molecule has 0 spiro atoms. The van der Waals surface area contributed by atoms with Gasteiger partial charge in [-0.1, -0.05) is 41.4 Å². The molecule has 0 radical (unpaired) electrons.